The monoisotopic (exact) mass is 511 g/mol. The van der Waals surface area contributed by atoms with Gasteiger partial charge in [0.15, 0.2) is 0 Å². The molecule has 34 heavy (non-hydrogen) atoms. The van der Waals surface area contributed by atoms with E-state index in [9.17, 15) is 13.2 Å². The summed E-state index contributed by atoms with van der Waals surface area (Å²) in [5.41, 5.74) is 4.33. The minimum absolute atomic E-state index is 0.0297. The summed E-state index contributed by atoms with van der Waals surface area (Å²) in [5.74, 6) is -0.313. The minimum Gasteiger partial charge on any atom is -0.326 e. The van der Waals surface area contributed by atoms with E-state index in [2.05, 4.69) is 10.3 Å². The second-order valence-electron chi connectivity index (χ2n) is 7.81. The Kier molecular flexibility index (Phi) is 7.13. The van der Waals surface area contributed by atoms with Crippen LogP contribution in [0, 0.1) is 6.92 Å². The number of thiazole rings is 1. The number of aryl methyl sites for hydroxylation is 1. The number of nitrogens with two attached hydrogens (primary N) is 1. The van der Waals surface area contributed by atoms with Crippen LogP contribution >= 0.6 is 22.9 Å². The second-order valence-corrected chi connectivity index (χ2v) is 10.8. The van der Waals surface area contributed by atoms with Gasteiger partial charge in [0.05, 0.1) is 22.0 Å². The van der Waals surface area contributed by atoms with Gasteiger partial charge in [-0.05, 0) is 54.3 Å². The Balaban J connectivity index is 1.57. The van der Waals surface area contributed by atoms with Crippen LogP contribution in [0.2, 0.25) is 5.02 Å². The summed E-state index contributed by atoms with van der Waals surface area (Å²) in [4.78, 5) is 17.0. The zero-order chi connectivity index (χ0) is 24.3. The lowest BCUT2D eigenvalue weighted by molar-refractivity contribution is -0.115. The first-order chi connectivity index (χ1) is 16.2. The average Bonchev–Trinajstić information content (AvgIpc) is 3.22. The number of primary sulfonamides is 1. The molecule has 0 spiro atoms. The van der Waals surface area contributed by atoms with E-state index in [1.54, 1.807) is 47.7 Å². The van der Waals surface area contributed by atoms with Gasteiger partial charge in [-0.3, -0.25) is 4.79 Å². The molecule has 1 heterocycles. The molecule has 1 amide bonds. The van der Waals surface area contributed by atoms with Gasteiger partial charge >= 0.3 is 0 Å². The van der Waals surface area contributed by atoms with Crippen LogP contribution in [0.25, 0.3) is 11.3 Å². The van der Waals surface area contributed by atoms with Gasteiger partial charge in [0, 0.05) is 21.7 Å². The van der Waals surface area contributed by atoms with Crippen LogP contribution in [0.5, 0.6) is 0 Å². The highest BCUT2D eigenvalue weighted by Crippen LogP contribution is 2.26. The summed E-state index contributed by atoms with van der Waals surface area (Å²) in [5, 5.41) is 11.7. The lowest BCUT2D eigenvalue weighted by Gasteiger charge is -2.12. The summed E-state index contributed by atoms with van der Waals surface area (Å²) >= 11 is 7.70. The summed E-state index contributed by atoms with van der Waals surface area (Å²) in [6, 6.07) is 19.6. The maximum Gasteiger partial charge on any atom is 0.238 e. The third-order valence-electron chi connectivity index (χ3n) is 5.20. The van der Waals surface area contributed by atoms with Crippen molar-refractivity contribution in [2.24, 2.45) is 5.14 Å². The highest BCUT2D eigenvalue weighted by molar-refractivity contribution is 7.89. The second kappa shape index (κ2) is 10.1. The SMILES string of the molecule is Cc1nc(-c2cccc(Cc3ccc(NC(=O)Cc4ccccc4Cl)cc3S(N)(=O)=O)c2)cs1. The molecule has 0 aliphatic heterocycles. The summed E-state index contributed by atoms with van der Waals surface area (Å²) in [6.07, 6.45) is 0.422. The van der Waals surface area contributed by atoms with Crippen molar-refractivity contribution in [3.8, 4) is 11.3 Å². The molecule has 3 N–H and O–H groups in total. The van der Waals surface area contributed by atoms with Gasteiger partial charge in [-0.25, -0.2) is 18.5 Å². The lowest BCUT2D eigenvalue weighted by Crippen LogP contribution is -2.18. The van der Waals surface area contributed by atoms with E-state index >= 15 is 0 Å². The quantitative estimate of drug-likeness (QED) is 0.356. The first-order valence-electron chi connectivity index (χ1n) is 10.4. The first-order valence-corrected chi connectivity index (χ1v) is 13.2. The molecule has 0 aliphatic rings. The van der Waals surface area contributed by atoms with Gasteiger partial charge in [0.1, 0.15) is 0 Å². The van der Waals surface area contributed by atoms with Gasteiger partial charge < -0.3 is 5.32 Å². The van der Waals surface area contributed by atoms with Gasteiger partial charge in [0.2, 0.25) is 15.9 Å². The maximum absolute atomic E-state index is 12.5. The standard InChI is InChI=1S/C25H22ClN3O3S2/c1-16-28-23(15-33-16)19-7-4-5-17(11-19)12-20-9-10-21(14-24(20)34(27,31)32)29-25(30)13-18-6-2-3-8-22(18)26/h2-11,14-15H,12-13H2,1H3,(H,29,30)(H2,27,31,32). The number of benzene rings is 3. The molecule has 4 rings (SSSR count). The number of aromatic nitrogens is 1. The number of nitrogens with one attached hydrogen (secondary N) is 1. The predicted octanol–water partition coefficient (Wildman–Crippen LogP) is 5.19. The molecule has 6 nitrogen and oxygen atoms in total. The van der Waals surface area contributed by atoms with Crippen LogP contribution in [-0.2, 0) is 27.7 Å². The number of nitrogens with zero attached hydrogens (tertiary/aromatic N) is 1. The molecule has 0 atom stereocenters. The van der Waals surface area contributed by atoms with E-state index in [1.807, 2.05) is 36.6 Å². The number of carbonyl (C=O) groups is 1. The molecular formula is C25H22ClN3O3S2. The van der Waals surface area contributed by atoms with Crippen molar-refractivity contribution >= 4 is 44.6 Å². The Hall–Kier alpha value is -3.04. The fraction of sp³-hybridized carbons (Fsp3) is 0.120. The Bertz CT molecular complexity index is 1470. The molecule has 3 aromatic carbocycles. The van der Waals surface area contributed by atoms with E-state index in [0.29, 0.717) is 28.3 Å². The van der Waals surface area contributed by atoms with Crippen LogP contribution in [0.4, 0.5) is 5.69 Å². The largest absolute Gasteiger partial charge is 0.326 e. The molecule has 0 saturated heterocycles. The zero-order valence-electron chi connectivity index (χ0n) is 18.3. The number of rotatable bonds is 7. The molecule has 0 saturated carbocycles. The third kappa shape index (κ3) is 5.90. The van der Waals surface area contributed by atoms with Gasteiger partial charge in [-0.2, -0.15) is 0 Å². The molecule has 1 aromatic heterocycles. The van der Waals surface area contributed by atoms with Crippen LogP contribution in [-0.4, -0.2) is 19.3 Å². The Labute approximate surface area is 207 Å². The molecule has 9 heteroatoms. The minimum atomic E-state index is -4.02. The summed E-state index contributed by atoms with van der Waals surface area (Å²) in [7, 11) is -4.02. The van der Waals surface area contributed by atoms with Crippen LogP contribution in [0.1, 0.15) is 21.7 Å². The molecule has 0 bridgehead atoms. The average molecular weight is 512 g/mol. The van der Waals surface area contributed by atoms with Crippen LogP contribution in [0.15, 0.2) is 77.0 Å². The number of hydrogen-bond acceptors (Lipinski definition) is 5. The number of halogens is 1. The van der Waals surface area contributed by atoms with E-state index < -0.39 is 10.0 Å². The Morgan fingerprint density at radius 1 is 1.06 bits per heavy atom. The van der Waals surface area contributed by atoms with Gasteiger partial charge in [-0.15, -0.1) is 11.3 Å². The summed E-state index contributed by atoms with van der Waals surface area (Å²) < 4.78 is 24.7. The number of amides is 1. The van der Waals surface area contributed by atoms with E-state index in [-0.39, 0.29) is 17.2 Å². The van der Waals surface area contributed by atoms with Crippen molar-refractivity contribution in [1.82, 2.24) is 4.98 Å². The van der Waals surface area contributed by atoms with Crippen molar-refractivity contribution in [2.45, 2.75) is 24.7 Å². The molecule has 0 radical (unpaired) electrons. The van der Waals surface area contributed by atoms with E-state index in [0.717, 1.165) is 21.8 Å². The smallest absolute Gasteiger partial charge is 0.238 e. The fourth-order valence-corrected chi connectivity index (χ4v) is 5.24. The summed E-state index contributed by atoms with van der Waals surface area (Å²) in [6.45, 7) is 1.95. The van der Waals surface area contributed by atoms with Crippen molar-refractivity contribution in [3.05, 3.63) is 98.8 Å². The molecule has 4 aromatic rings. The number of carbonyl (C=O) groups excluding carboxylic acids is 1. The van der Waals surface area contributed by atoms with Gasteiger partial charge in [0.25, 0.3) is 0 Å². The normalized spacial score (nSPS) is 11.4. The Morgan fingerprint density at radius 2 is 1.85 bits per heavy atom. The molecule has 0 aliphatic carbocycles. The van der Waals surface area contributed by atoms with Crippen molar-refractivity contribution in [1.29, 1.82) is 0 Å². The van der Waals surface area contributed by atoms with Crippen molar-refractivity contribution in [2.75, 3.05) is 5.32 Å². The zero-order valence-corrected chi connectivity index (χ0v) is 20.7. The molecule has 0 unspecified atom stereocenters. The van der Waals surface area contributed by atoms with E-state index in [4.69, 9.17) is 16.7 Å². The van der Waals surface area contributed by atoms with Crippen molar-refractivity contribution < 1.29 is 13.2 Å². The van der Waals surface area contributed by atoms with E-state index in [1.165, 1.54) is 6.07 Å². The Morgan fingerprint density at radius 3 is 2.56 bits per heavy atom. The lowest BCUT2D eigenvalue weighted by atomic mass is 10.0. The topological polar surface area (TPSA) is 102 Å². The van der Waals surface area contributed by atoms with Crippen LogP contribution in [0.3, 0.4) is 0 Å². The number of anilines is 1. The molecule has 0 fully saturated rings. The number of hydrogen-bond donors (Lipinski definition) is 2. The molecule has 174 valence electrons. The van der Waals surface area contributed by atoms with Crippen LogP contribution < -0.4 is 10.5 Å². The molecular weight excluding hydrogens is 490 g/mol. The highest BCUT2D eigenvalue weighted by Gasteiger charge is 2.17. The predicted molar refractivity (Wildman–Crippen MR) is 137 cm³/mol. The van der Waals surface area contributed by atoms with Crippen molar-refractivity contribution in [3.63, 3.8) is 0 Å². The van der Waals surface area contributed by atoms with Gasteiger partial charge in [-0.1, -0.05) is 54.1 Å². The fourth-order valence-electron chi connectivity index (χ4n) is 3.62. The third-order valence-corrected chi connectivity index (χ3v) is 7.34. The highest BCUT2D eigenvalue weighted by atomic mass is 35.5. The number of sulfonamides is 1. The maximum atomic E-state index is 12.5. The first kappa shape index (κ1) is 24.1.